The Bertz CT molecular complexity index is 1020. The first-order valence-corrected chi connectivity index (χ1v) is 8.66. The third-order valence-electron chi connectivity index (χ3n) is 4.69. The van der Waals surface area contributed by atoms with E-state index in [9.17, 15) is 18.0 Å². The molecule has 1 N–H and O–H groups in total. The van der Waals surface area contributed by atoms with E-state index in [2.05, 4.69) is 15.3 Å². The minimum Gasteiger partial charge on any atom is -0.438 e. The number of carbonyl (C=O) groups excluding carboxylic acids is 1. The van der Waals surface area contributed by atoms with Crippen LogP contribution in [0.5, 0.6) is 0 Å². The molecule has 148 valence electrons. The van der Waals surface area contributed by atoms with Gasteiger partial charge in [-0.1, -0.05) is 0 Å². The first-order chi connectivity index (χ1) is 13.3. The number of methoxy groups -OCH3 is 1. The zero-order chi connectivity index (χ0) is 19.9. The molecular weight excluding hydrogens is 377 g/mol. The summed E-state index contributed by atoms with van der Waals surface area (Å²) in [4.78, 5) is 20.4. The number of halogens is 3. The second-order valence-corrected chi connectivity index (χ2v) is 6.62. The molecule has 1 aromatic carbocycles. The fourth-order valence-corrected chi connectivity index (χ4v) is 3.40. The van der Waals surface area contributed by atoms with E-state index in [1.165, 1.54) is 13.3 Å². The quantitative estimate of drug-likeness (QED) is 0.734. The minimum absolute atomic E-state index is 0.102. The van der Waals surface area contributed by atoms with E-state index in [4.69, 9.17) is 9.15 Å². The van der Waals surface area contributed by atoms with Gasteiger partial charge >= 0.3 is 6.18 Å². The number of ether oxygens (including phenoxy) is 1. The SMILES string of the molecule is COCc1nc2cc(NC(=O)C3CCn4c(cnc4C(F)(F)F)C3)ccc2o1. The van der Waals surface area contributed by atoms with Gasteiger partial charge in [-0.2, -0.15) is 13.2 Å². The maximum atomic E-state index is 12.9. The lowest BCUT2D eigenvalue weighted by atomic mass is 9.95. The largest absolute Gasteiger partial charge is 0.449 e. The fourth-order valence-electron chi connectivity index (χ4n) is 3.40. The number of anilines is 1. The van der Waals surface area contributed by atoms with Crippen LogP contribution in [0.25, 0.3) is 11.1 Å². The first kappa shape index (κ1) is 18.5. The van der Waals surface area contributed by atoms with Gasteiger partial charge in [-0.25, -0.2) is 9.97 Å². The van der Waals surface area contributed by atoms with Crippen LogP contribution >= 0.6 is 0 Å². The smallest absolute Gasteiger partial charge is 0.438 e. The normalized spacial score (nSPS) is 16.9. The molecule has 7 nitrogen and oxygen atoms in total. The summed E-state index contributed by atoms with van der Waals surface area (Å²) in [6.45, 7) is 0.344. The lowest BCUT2D eigenvalue weighted by molar-refractivity contribution is -0.147. The molecule has 2 aromatic heterocycles. The molecule has 0 saturated heterocycles. The van der Waals surface area contributed by atoms with Crippen LogP contribution in [0.2, 0.25) is 0 Å². The molecule has 1 aliphatic heterocycles. The maximum absolute atomic E-state index is 12.9. The van der Waals surface area contributed by atoms with Crippen molar-refractivity contribution in [2.75, 3.05) is 12.4 Å². The van der Waals surface area contributed by atoms with E-state index < -0.39 is 17.9 Å². The molecule has 4 rings (SSSR count). The average Bonchev–Trinajstić information content (AvgIpc) is 3.24. The van der Waals surface area contributed by atoms with Gasteiger partial charge in [0.25, 0.3) is 0 Å². The summed E-state index contributed by atoms with van der Waals surface area (Å²) < 4.78 is 50.5. The Kier molecular flexibility index (Phi) is 4.58. The monoisotopic (exact) mass is 394 g/mol. The van der Waals surface area contributed by atoms with Gasteiger partial charge in [0.15, 0.2) is 5.58 Å². The Labute approximate surface area is 157 Å². The summed E-state index contributed by atoms with van der Waals surface area (Å²) in [6, 6.07) is 5.07. The van der Waals surface area contributed by atoms with Gasteiger partial charge in [-0.15, -0.1) is 0 Å². The van der Waals surface area contributed by atoms with E-state index in [-0.39, 0.29) is 25.5 Å². The molecule has 10 heteroatoms. The van der Waals surface area contributed by atoms with Crippen molar-refractivity contribution in [2.45, 2.75) is 32.2 Å². The third kappa shape index (κ3) is 3.47. The molecule has 0 radical (unpaired) electrons. The second-order valence-electron chi connectivity index (χ2n) is 6.62. The van der Waals surface area contributed by atoms with Crippen molar-refractivity contribution in [2.24, 2.45) is 5.92 Å². The highest BCUT2D eigenvalue weighted by Gasteiger charge is 2.39. The number of hydrogen-bond donors (Lipinski definition) is 1. The highest BCUT2D eigenvalue weighted by molar-refractivity contribution is 5.94. The van der Waals surface area contributed by atoms with E-state index in [1.807, 2.05) is 0 Å². The Morgan fingerprint density at radius 3 is 3.00 bits per heavy atom. The van der Waals surface area contributed by atoms with E-state index in [1.54, 1.807) is 18.2 Å². The Morgan fingerprint density at radius 1 is 1.43 bits per heavy atom. The van der Waals surface area contributed by atoms with Crippen molar-refractivity contribution < 1.29 is 27.1 Å². The maximum Gasteiger partial charge on any atom is 0.449 e. The minimum atomic E-state index is -4.50. The van der Waals surface area contributed by atoms with E-state index in [0.29, 0.717) is 34.8 Å². The molecule has 0 fully saturated rings. The number of aromatic nitrogens is 3. The second kappa shape index (κ2) is 6.93. The zero-order valence-electron chi connectivity index (χ0n) is 14.9. The number of nitrogens with one attached hydrogen (secondary N) is 1. The number of hydrogen-bond acceptors (Lipinski definition) is 5. The number of imidazole rings is 1. The van der Waals surface area contributed by atoms with E-state index in [0.717, 1.165) is 4.57 Å². The van der Waals surface area contributed by atoms with Crippen LogP contribution < -0.4 is 5.32 Å². The van der Waals surface area contributed by atoms with Crippen LogP contribution in [0.15, 0.2) is 28.8 Å². The van der Waals surface area contributed by atoms with Crippen molar-refractivity contribution in [1.29, 1.82) is 0 Å². The number of rotatable bonds is 4. The van der Waals surface area contributed by atoms with Crippen molar-refractivity contribution in [1.82, 2.24) is 14.5 Å². The summed E-state index contributed by atoms with van der Waals surface area (Å²) in [6.07, 6.45) is -2.79. The molecule has 3 aromatic rings. The number of benzene rings is 1. The summed E-state index contributed by atoms with van der Waals surface area (Å²) in [5, 5.41) is 2.81. The van der Waals surface area contributed by atoms with Crippen LogP contribution in [-0.2, 0) is 35.3 Å². The Hall–Kier alpha value is -2.88. The molecule has 0 aliphatic carbocycles. The van der Waals surface area contributed by atoms with Gasteiger partial charge in [0.2, 0.25) is 17.6 Å². The molecule has 0 bridgehead atoms. The lowest BCUT2D eigenvalue weighted by Gasteiger charge is -2.24. The molecule has 0 spiro atoms. The van der Waals surface area contributed by atoms with Crippen molar-refractivity contribution in [3.63, 3.8) is 0 Å². The third-order valence-corrected chi connectivity index (χ3v) is 4.69. The van der Waals surface area contributed by atoms with Crippen molar-refractivity contribution in [3.05, 3.63) is 41.8 Å². The van der Waals surface area contributed by atoms with Gasteiger partial charge in [0.1, 0.15) is 12.1 Å². The van der Waals surface area contributed by atoms with Crippen LogP contribution in [-0.4, -0.2) is 27.6 Å². The number of fused-ring (bicyclic) bond motifs is 2. The molecule has 3 heterocycles. The number of carbonyl (C=O) groups is 1. The molecule has 1 aliphatic rings. The average molecular weight is 394 g/mol. The number of nitrogens with zero attached hydrogens (tertiary/aromatic N) is 3. The predicted octanol–water partition coefficient (Wildman–Crippen LogP) is 3.39. The summed E-state index contributed by atoms with van der Waals surface area (Å²) in [7, 11) is 1.54. The fraction of sp³-hybridized carbons (Fsp3) is 0.389. The highest BCUT2D eigenvalue weighted by Crippen LogP contribution is 2.32. The van der Waals surface area contributed by atoms with Crippen LogP contribution in [0.4, 0.5) is 18.9 Å². The summed E-state index contributed by atoms with van der Waals surface area (Å²) in [5.41, 5.74) is 2.12. The van der Waals surface area contributed by atoms with Gasteiger partial charge in [-0.3, -0.25) is 4.79 Å². The van der Waals surface area contributed by atoms with Gasteiger partial charge in [0, 0.05) is 43.6 Å². The van der Waals surface area contributed by atoms with Crippen LogP contribution in [0.1, 0.15) is 23.8 Å². The van der Waals surface area contributed by atoms with Crippen LogP contribution in [0, 0.1) is 5.92 Å². The summed E-state index contributed by atoms with van der Waals surface area (Å²) >= 11 is 0. The van der Waals surface area contributed by atoms with Crippen molar-refractivity contribution in [3.8, 4) is 0 Å². The van der Waals surface area contributed by atoms with Gasteiger partial charge < -0.3 is 19.0 Å². The molecule has 0 saturated carbocycles. The molecule has 1 amide bonds. The first-order valence-electron chi connectivity index (χ1n) is 8.66. The lowest BCUT2D eigenvalue weighted by Crippen LogP contribution is -2.31. The predicted molar refractivity (Wildman–Crippen MR) is 92.4 cm³/mol. The van der Waals surface area contributed by atoms with Crippen molar-refractivity contribution >= 4 is 22.7 Å². The summed E-state index contributed by atoms with van der Waals surface area (Å²) in [5.74, 6) is -1.16. The number of oxazole rings is 1. The van der Waals surface area contributed by atoms with Crippen LogP contribution in [0.3, 0.4) is 0 Å². The molecule has 1 atom stereocenters. The Balaban J connectivity index is 1.47. The standard InChI is InChI=1S/C18H17F3N4O3/c1-27-9-15-24-13-7-11(2-3-14(13)28-15)23-16(26)10-4-5-25-12(6-10)8-22-17(25)18(19,20)21/h2-3,7-8,10H,4-6,9H2,1H3,(H,23,26). The van der Waals surface area contributed by atoms with E-state index >= 15 is 0 Å². The molecule has 1 unspecified atom stereocenters. The highest BCUT2D eigenvalue weighted by atomic mass is 19.4. The Morgan fingerprint density at radius 2 is 2.25 bits per heavy atom. The van der Waals surface area contributed by atoms with Gasteiger partial charge in [-0.05, 0) is 24.6 Å². The number of alkyl halides is 3. The topological polar surface area (TPSA) is 82.2 Å². The number of amides is 1. The van der Waals surface area contributed by atoms with Gasteiger partial charge in [0.05, 0.1) is 0 Å². The molecular formula is C18H17F3N4O3. The molecule has 28 heavy (non-hydrogen) atoms. The zero-order valence-corrected chi connectivity index (χ0v) is 14.9.